The van der Waals surface area contributed by atoms with Crippen molar-refractivity contribution in [3.63, 3.8) is 0 Å². The van der Waals surface area contributed by atoms with E-state index in [9.17, 15) is 4.79 Å². The lowest BCUT2D eigenvalue weighted by Crippen LogP contribution is -2.36. The second kappa shape index (κ2) is 8.87. The number of anilines is 2. The Kier molecular flexibility index (Phi) is 5.86. The summed E-state index contributed by atoms with van der Waals surface area (Å²) in [6.07, 6.45) is 0.664. The minimum Gasteiger partial charge on any atom is -0.421 e. The summed E-state index contributed by atoms with van der Waals surface area (Å²) >= 11 is 0. The highest BCUT2D eigenvalue weighted by Gasteiger charge is 2.16. The molecular formula is C22H24N4O3. The van der Waals surface area contributed by atoms with E-state index >= 15 is 0 Å². The molecule has 1 amide bonds. The molecule has 0 unspecified atom stereocenters. The number of aromatic nitrogens is 2. The lowest BCUT2D eigenvalue weighted by atomic mass is 10.1. The van der Waals surface area contributed by atoms with Crippen molar-refractivity contribution < 1.29 is 13.9 Å². The number of hydrogen-bond acceptors (Lipinski definition) is 6. The fraction of sp³-hybridized carbons (Fsp3) is 0.318. The van der Waals surface area contributed by atoms with Crippen molar-refractivity contribution in [2.75, 3.05) is 36.5 Å². The van der Waals surface area contributed by atoms with Crippen LogP contribution in [0.2, 0.25) is 0 Å². The number of nitrogens with one attached hydrogen (secondary N) is 1. The van der Waals surface area contributed by atoms with E-state index in [2.05, 4.69) is 20.4 Å². The van der Waals surface area contributed by atoms with Gasteiger partial charge in [0.1, 0.15) is 0 Å². The summed E-state index contributed by atoms with van der Waals surface area (Å²) in [5.41, 5.74) is 3.84. The summed E-state index contributed by atoms with van der Waals surface area (Å²) in [4.78, 5) is 14.7. The van der Waals surface area contributed by atoms with Crippen molar-refractivity contribution in [1.82, 2.24) is 10.2 Å². The first kappa shape index (κ1) is 19.1. The normalized spacial score (nSPS) is 14.0. The highest BCUT2D eigenvalue weighted by molar-refractivity contribution is 5.94. The van der Waals surface area contributed by atoms with Gasteiger partial charge >= 0.3 is 0 Å². The number of benzene rings is 2. The first-order valence-electron chi connectivity index (χ1n) is 9.80. The number of hydrogen-bond donors (Lipinski definition) is 1. The number of aryl methyl sites for hydroxylation is 2. The molecule has 1 aromatic heterocycles. The van der Waals surface area contributed by atoms with E-state index in [1.807, 2.05) is 55.5 Å². The molecule has 2 aromatic carbocycles. The van der Waals surface area contributed by atoms with E-state index < -0.39 is 0 Å². The lowest BCUT2D eigenvalue weighted by molar-refractivity contribution is -0.116. The van der Waals surface area contributed by atoms with Gasteiger partial charge in [-0.05, 0) is 31.2 Å². The van der Waals surface area contributed by atoms with Gasteiger partial charge in [0.05, 0.1) is 24.6 Å². The minimum atomic E-state index is -0.0824. The molecule has 1 aliphatic heterocycles. The third kappa shape index (κ3) is 4.81. The van der Waals surface area contributed by atoms with Crippen LogP contribution in [0.1, 0.15) is 17.9 Å². The SMILES string of the molecule is Cc1cccc(-c2nnc(CCC(=O)Nc3ccccc3N3CCOCC3)o2)c1. The molecular weight excluding hydrogens is 368 g/mol. The fourth-order valence-corrected chi connectivity index (χ4v) is 3.34. The number of rotatable bonds is 6. The van der Waals surface area contributed by atoms with E-state index in [0.717, 1.165) is 35.6 Å². The maximum absolute atomic E-state index is 12.5. The summed E-state index contributed by atoms with van der Waals surface area (Å²) in [5.74, 6) is 0.848. The van der Waals surface area contributed by atoms with Crippen LogP contribution in [0.5, 0.6) is 0 Å². The third-order valence-electron chi connectivity index (χ3n) is 4.83. The molecule has 0 bridgehead atoms. The molecule has 3 aromatic rings. The summed E-state index contributed by atoms with van der Waals surface area (Å²) in [6.45, 7) is 5.04. The molecule has 0 spiro atoms. The van der Waals surface area contributed by atoms with E-state index in [1.54, 1.807) is 0 Å². The van der Waals surface area contributed by atoms with Crippen molar-refractivity contribution >= 4 is 17.3 Å². The zero-order valence-electron chi connectivity index (χ0n) is 16.4. The van der Waals surface area contributed by atoms with Gasteiger partial charge in [-0.3, -0.25) is 4.79 Å². The Morgan fingerprint density at radius 2 is 1.93 bits per heavy atom. The van der Waals surface area contributed by atoms with Crippen LogP contribution < -0.4 is 10.2 Å². The standard InChI is InChI=1S/C22H24N4O3/c1-16-5-4-6-17(15-16)22-25-24-21(29-22)10-9-20(27)23-18-7-2-3-8-19(18)26-11-13-28-14-12-26/h2-8,15H,9-14H2,1H3,(H,23,27). The zero-order chi connectivity index (χ0) is 20.1. The second-order valence-electron chi connectivity index (χ2n) is 7.04. The summed E-state index contributed by atoms with van der Waals surface area (Å²) < 4.78 is 11.1. The monoisotopic (exact) mass is 392 g/mol. The van der Waals surface area contributed by atoms with Gasteiger partial charge in [0, 0.05) is 31.5 Å². The number of carbonyl (C=O) groups excluding carboxylic acids is 1. The molecule has 4 rings (SSSR count). The molecule has 0 radical (unpaired) electrons. The highest BCUT2D eigenvalue weighted by Crippen LogP contribution is 2.26. The molecule has 29 heavy (non-hydrogen) atoms. The molecule has 7 heteroatoms. The number of amides is 1. The van der Waals surface area contributed by atoms with Crippen LogP contribution in [0.4, 0.5) is 11.4 Å². The summed E-state index contributed by atoms with van der Waals surface area (Å²) in [7, 11) is 0. The van der Waals surface area contributed by atoms with Gasteiger partial charge in [0.2, 0.25) is 17.7 Å². The van der Waals surface area contributed by atoms with E-state index in [-0.39, 0.29) is 12.3 Å². The van der Waals surface area contributed by atoms with Crippen LogP contribution in [0.3, 0.4) is 0 Å². The van der Waals surface area contributed by atoms with Crippen molar-refractivity contribution in [3.05, 3.63) is 60.0 Å². The largest absolute Gasteiger partial charge is 0.421 e. The zero-order valence-corrected chi connectivity index (χ0v) is 16.4. The predicted molar refractivity (Wildman–Crippen MR) is 111 cm³/mol. The Morgan fingerprint density at radius 3 is 2.76 bits per heavy atom. The van der Waals surface area contributed by atoms with Crippen LogP contribution in [-0.4, -0.2) is 42.4 Å². The maximum atomic E-state index is 12.5. The predicted octanol–water partition coefficient (Wildman–Crippen LogP) is 3.45. The fourth-order valence-electron chi connectivity index (χ4n) is 3.34. The Bertz CT molecular complexity index is 979. The van der Waals surface area contributed by atoms with Crippen molar-refractivity contribution in [2.45, 2.75) is 19.8 Å². The van der Waals surface area contributed by atoms with Crippen LogP contribution >= 0.6 is 0 Å². The molecule has 0 saturated carbocycles. The molecule has 1 fully saturated rings. The molecule has 0 atom stereocenters. The average molecular weight is 392 g/mol. The Morgan fingerprint density at radius 1 is 1.10 bits per heavy atom. The molecule has 2 heterocycles. The number of para-hydroxylation sites is 2. The molecule has 0 aliphatic carbocycles. The van der Waals surface area contributed by atoms with Gasteiger partial charge in [-0.15, -0.1) is 10.2 Å². The van der Waals surface area contributed by atoms with Gasteiger partial charge in [0.25, 0.3) is 0 Å². The summed E-state index contributed by atoms with van der Waals surface area (Å²) in [5, 5.41) is 11.2. The Hall–Kier alpha value is -3.19. The van der Waals surface area contributed by atoms with Crippen LogP contribution in [0.15, 0.2) is 52.9 Å². The first-order chi connectivity index (χ1) is 14.2. The van der Waals surface area contributed by atoms with Gasteiger partial charge in [0.15, 0.2) is 0 Å². The third-order valence-corrected chi connectivity index (χ3v) is 4.83. The first-order valence-corrected chi connectivity index (χ1v) is 9.80. The molecule has 1 aliphatic rings. The van der Waals surface area contributed by atoms with Crippen molar-refractivity contribution in [2.24, 2.45) is 0 Å². The molecule has 7 nitrogen and oxygen atoms in total. The van der Waals surface area contributed by atoms with E-state index in [0.29, 0.717) is 31.4 Å². The van der Waals surface area contributed by atoms with Crippen molar-refractivity contribution in [3.8, 4) is 11.5 Å². The van der Waals surface area contributed by atoms with Crippen LogP contribution in [-0.2, 0) is 16.0 Å². The van der Waals surface area contributed by atoms with Crippen LogP contribution in [0.25, 0.3) is 11.5 Å². The highest BCUT2D eigenvalue weighted by atomic mass is 16.5. The summed E-state index contributed by atoms with van der Waals surface area (Å²) in [6, 6.07) is 15.7. The molecule has 150 valence electrons. The number of carbonyl (C=O) groups is 1. The van der Waals surface area contributed by atoms with Gasteiger partial charge in [-0.2, -0.15) is 0 Å². The van der Waals surface area contributed by atoms with E-state index in [1.165, 1.54) is 0 Å². The number of morpholine rings is 1. The smallest absolute Gasteiger partial charge is 0.247 e. The quantitative estimate of drug-likeness (QED) is 0.692. The Balaban J connectivity index is 1.36. The van der Waals surface area contributed by atoms with Crippen LogP contribution in [0, 0.1) is 6.92 Å². The number of nitrogens with zero attached hydrogens (tertiary/aromatic N) is 3. The number of ether oxygens (including phenoxy) is 1. The maximum Gasteiger partial charge on any atom is 0.247 e. The minimum absolute atomic E-state index is 0.0824. The second-order valence-corrected chi connectivity index (χ2v) is 7.04. The lowest BCUT2D eigenvalue weighted by Gasteiger charge is -2.30. The van der Waals surface area contributed by atoms with Gasteiger partial charge in [-0.25, -0.2) is 0 Å². The van der Waals surface area contributed by atoms with Gasteiger partial charge < -0.3 is 19.4 Å². The Labute approximate surface area is 169 Å². The van der Waals surface area contributed by atoms with Gasteiger partial charge in [-0.1, -0.05) is 29.8 Å². The average Bonchev–Trinajstić information content (AvgIpc) is 3.23. The van der Waals surface area contributed by atoms with Crippen molar-refractivity contribution in [1.29, 1.82) is 0 Å². The topological polar surface area (TPSA) is 80.5 Å². The molecule has 1 saturated heterocycles. The molecule has 1 N–H and O–H groups in total. The van der Waals surface area contributed by atoms with E-state index in [4.69, 9.17) is 9.15 Å².